The summed E-state index contributed by atoms with van der Waals surface area (Å²) in [5.74, 6) is -0.0261. The highest BCUT2D eigenvalue weighted by Crippen LogP contribution is 2.52. The molecule has 3 aliphatic rings. The SMILES string of the molecule is CCOC(=O)O[C@@H]1CC[C@@H]2[C@@H](C1)C[C@H]1C(=O)O[C@H](C)[C@H]1[C@H]2C=O. The van der Waals surface area contributed by atoms with Gasteiger partial charge in [0.15, 0.2) is 0 Å². The first-order valence-electron chi connectivity index (χ1n) is 8.54. The molecule has 7 atom stereocenters. The lowest BCUT2D eigenvalue weighted by atomic mass is 9.57. The van der Waals surface area contributed by atoms with Crippen molar-refractivity contribution < 1.29 is 28.6 Å². The average Bonchev–Trinajstić information content (AvgIpc) is 2.79. The van der Waals surface area contributed by atoms with E-state index in [9.17, 15) is 14.4 Å². The molecule has 1 saturated heterocycles. The van der Waals surface area contributed by atoms with Gasteiger partial charge in [0.2, 0.25) is 0 Å². The fourth-order valence-corrected chi connectivity index (χ4v) is 4.89. The number of cyclic esters (lactones) is 1. The van der Waals surface area contributed by atoms with E-state index in [0.29, 0.717) is 6.42 Å². The van der Waals surface area contributed by atoms with Crippen molar-refractivity contribution in [3.05, 3.63) is 0 Å². The van der Waals surface area contributed by atoms with Crippen LogP contribution in [0.2, 0.25) is 0 Å². The molecule has 2 aliphatic carbocycles. The van der Waals surface area contributed by atoms with Gasteiger partial charge in [0.1, 0.15) is 18.5 Å². The van der Waals surface area contributed by atoms with Crippen LogP contribution in [0.25, 0.3) is 0 Å². The number of esters is 1. The number of aldehydes is 1. The highest BCUT2D eigenvalue weighted by Gasteiger charge is 2.55. The lowest BCUT2D eigenvalue weighted by Crippen LogP contribution is -2.46. The molecule has 1 heterocycles. The standard InChI is InChI=1S/C17H24O6/c1-3-21-17(20)23-11-4-5-12-10(6-11)7-13-15(14(12)8-18)9(2)22-16(13)19/h8-15H,3-7H2,1-2H3/t9-,10+,11-,12-,13-,14+,15-/m1/s1. The van der Waals surface area contributed by atoms with Gasteiger partial charge in [0.25, 0.3) is 0 Å². The number of fused-ring (bicyclic) bond motifs is 2. The number of hydrogen-bond acceptors (Lipinski definition) is 6. The molecule has 6 nitrogen and oxygen atoms in total. The summed E-state index contributed by atoms with van der Waals surface area (Å²) < 4.78 is 15.5. The van der Waals surface area contributed by atoms with Gasteiger partial charge in [-0.25, -0.2) is 4.79 Å². The van der Waals surface area contributed by atoms with Gasteiger partial charge in [-0.15, -0.1) is 0 Å². The number of ether oxygens (including phenoxy) is 3. The zero-order valence-electron chi connectivity index (χ0n) is 13.6. The molecule has 2 saturated carbocycles. The smallest absolute Gasteiger partial charge is 0.462 e. The van der Waals surface area contributed by atoms with E-state index in [2.05, 4.69) is 0 Å². The highest BCUT2D eigenvalue weighted by molar-refractivity contribution is 5.77. The van der Waals surface area contributed by atoms with Gasteiger partial charge in [-0.05, 0) is 51.4 Å². The molecule has 0 aromatic rings. The zero-order chi connectivity index (χ0) is 16.6. The molecular formula is C17H24O6. The van der Waals surface area contributed by atoms with Crippen molar-refractivity contribution in [1.82, 2.24) is 0 Å². The van der Waals surface area contributed by atoms with E-state index in [0.717, 1.165) is 25.5 Å². The second kappa shape index (κ2) is 6.49. The normalized spacial score (nSPS) is 42.2. The molecule has 0 unspecified atom stereocenters. The fourth-order valence-electron chi connectivity index (χ4n) is 4.89. The second-order valence-corrected chi connectivity index (χ2v) is 6.93. The minimum atomic E-state index is -0.634. The Hall–Kier alpha value is -1.59. The maximum absolute atomic E-state index is 12.1. The van der Waals surface area contributed by atoms with Crippen molar-refractivity contribution in [2.45, 2.75) is 51.7 Å². The van der Waals surface area contributed by atoms with Crippen molar-refractivity contribution in [1.29, 1.82) is 0 Å². The van der Waals surface area contributed by atoms with E-state index in [-0.39, 0.29) is 54.4 Å². The Morgan fingerprint density at radius 2 is 2.13 bits per heavy atom. The quantitative estimate of drug-likeness (QED) is 0.585. The van der Waals surface area contributed by atoms with E-state index in [1.54, 1.807) is 6.92 Å². The predicted molar refractivity (Wildman–Crippen MR) is 79.4 cm³/mol. The summed E-state index contributed by atoms with van der Waals surface area (Å²) in [5.41, 5.74) is 0. The van der Waals surface area contributed by atoms with Gasteiger partial charge in [-0.1, -0.05) is 0 Å². The number of carbonyl (C=O) groups excluding carboxylic acids is 3. The van der Waals surface area contributed by atoms with Crippen LogP contribution in [0, 0.1) is 29.6 Å². The summed E-state index contributed by atoms with van der Waals surface area (Å²) in [6.45, 7) is 3.91. The van der Waals surface area contributed by atoms with E-state index in [4.69, 9.17) is 14.2 Å². The van der Waals surface area contributed by atoms with Gasteiger partial charge >= 0.3 is 12.1 Å². The van der Waals surface area contributed by atoms with Crippen LogP contribution < -0.4 is 0 Å². The minimum Gasteiger partial charge on any atom is -0.462 e. The molecule has 0 bridgehead atoms. The van der Waals surface area contributed by atoms with E-state index < -0.39 is 6.16 Å². The van der Waals surface area contributed by atoms with Gasteiger partial charge in [-0.2, -0.15) is 0 Å². The van der Waals surface area contributed by atoms with Crippen LogP contribution in [-0.4, -0.2) is 37.2 Å². The molecule has 3 rings (SSSR count). The maximum atomic E-state index is 12.1. The molecular weight excluding hydrogens is 300 g/mol. The summed E-state index contributed by atoms with van der Waals surface area (Å²) in [5, 5.41) is 0. The average molecular weight is 324 g/mol. The molecule has 0 aromatic carbocycles. The first-order valence-corrected chi connectivity index (χ1v) is 8.54. The van der Waals surface area contributed by atoms with Crippen LogP contribution >= 0.6 is 0 Å². The van der Waals surface area contributed by atoms with Gasteiger partial charge < -0.3 is 19.0 Å². The van der Waals surface area contributed by atoms with Gasteiger partial charge in [0.05, 0.1) is 12.5 Å². The third kappa shape index (κ3) is 2.95. The van der Waals surface area contributed by atoms with Crippen LogP contribution in [0.15, 0.2) is 0 Å². The van der Waals surface area contributed by atoms with Crippen LogP contribution in [0.5, 0.6) is 0 Å². The van der Waals surface area contributed by atoms with Crippen molar-refractivity contribution >= 4 is 18.4 Å². The molecule has 128 valence electrons. The molecule has 6 heteroatoms. The molecule has 3 fully saturated rings. The van der Waals surface area contributed by atoms with Crippen molar-refractivity contribution in [3.63, 3.8) is 0 Å². The topological polar surface area (TPSA) is 78.9 Å². The molecule has 23 heavy (non-hydrogen) atoms. The Bertz CT molecular complexity index is 489. The van der Waals surface area contributed by atoms with E-state index in [1.165, 1.54) is 0 Å². The highest BCUT2D eigenvalue weighted by atomic mass is 16.7. The molecule has 0 radical (unpaired) electrons. The van der Waals surface area contributed by atoms with Crippen molar-refractivity contribution in [3.8, 4) is 0 Å². The maximum Gasteiger partial charge on any atom is 0.508 e. The van der Waals surface area contributed by atoms with Crippen LogP contribution in [-0.2, 0) is 23.8 Å². The summed E-state index contributed by atoms with van der Waals surface area (Å²) in [6, 6.07) is 0. The molecule has 0 aromatic heterocycles. The van der Waals surface area contributed by atoms with Crippen molar-refractivity contribution in [2.24, 2.45) is 29.6 Å². The first-order chi connectivity index (χ1) is 11.0. The third-order valence-electron chi connectivity index (χ3n) is 5.78. The second-order valence-electron chi connectivity index (χ2n) is 6.93. The van der Waals surface area contributed by atoms with Gasteiger partial charge in [-0.3, -0.25) is 4.79 Å². The van der Waals surface area contributed by atoms with Crippen LogP contribution in [0.1, 0.15) is 39.5 Å². The number of rotatable bonds is 3. The Balaban J connectivity index is 1.70. The first kappa shape index (κ1) is 16.3. The Morgan fingerprint density at radius 1 is 1.35 bits per heavy atom. The molecule has 0 spiro atoms. The molecule has 0 N–H and O–H groups in total. The Kier molecular flexibility index (Phi) is 4.60. The number of carbonyl (C=O) groups is 3. The third-order valence-corrected chi connectivity index (χ3v) is 5.78. The van der Waals surface area contributed by atoms with Crippen LogP contribution in [0.4, 0.5) is 4.79 Å². The summed E-state index contributed by atoms with van der Waals surface area (Å²) >= 11 is 0. The van der Waals surface area contributed by atoms with Crippen LogP contribution in [0.3, 0.4) is 0 Å². The Morgan fingerprint density at radius 3 is 2.83 bits per heavy atom. The van der Waals surface area contributed by atoms with Gasteiger partial charge in [0, 0.05) is 11.8 Å². The summed E-state index contributed by atoms with van der Waals surface area (Å²) in [6.07, 6.45) is 3.01. The lowest BCUT2D eigenvalue weighted by molar-refractivity contribution is -0.144. The monoisotopic (exact) mass is 324 g/mol. The van der Waals surface area contributed by atoms with E-state index >= 15 is 0 Å². The van der Waals surface area contributed by atoms with Crippen molar-refractivity contribution in [2.75, 3.05) is 6.61 Å². The van der Waals surface area contributed by atoms with E-state index in [1.807, 2.05) is 6.92 Å². The summed E-state index contributed by atoms with van der Waals surface area (Å²) in [4.78, 5) is 35.2. The predicted octanol–water partition coefficient (Wildman–Crippen LogP) is 2.34. The zero-order valence-corrected chi connectivity index (χ0v) is 13.6. The summed E-state index contributed by atoms with van der Waals surface area (Å²) in [7, 11) is 0. The lowest BCUT2D eigenvalue weighted by Gasteiger charge is -2.46. The Labute approximate surface area is 135 Å². The minimum absolute atomic E-state index is 0.00350. The molecule has 1 aliphatic heterocycles. The fraction of sp³-hybridized carbons (Fsp3) is 0.824. The molecule has 0 amide bonds. The number of hydrogen-bond donors (Lipinski definition) is 0. The largest absolute Gasteiger partial charge is 0.508 e.